The lowest BCUT2D eigenvalue weighted by Gasteiger charge is -2.08. The predicted molar refractivity (Wildman–Crippen MR) is 80.0 cm³/mol. The Morgan fingerprint density at radius 3 is 2.50 bits per heavy atom. The van der Waals surface area contributed by atoms with E-state index < -0.39 is 11.1 Å². The first-order valence-electron chi connectivity index (χ1n) is 6.49. The molecule has 6 nitrogen and oxygen atoms in total. The van der Waals surface area contributed by atoms with Crippen LogP contribution in [0.5, 0.6) is 0 Å². The number of aromatic nitrogens is 4. The van der Waals surface area contributed by atoms with Crippen LogP contribution in [0.15, 0.2) is 26.5 Å². The molecule has 0 spiro atoms. The van der Waals surface area contributed by atoms with Crippen LogP contribution in [-0.2, 0) is 26.6 Å². The van der Waals surface area contributed by atoms with Crippen molar-refractivity contribution in [2.24, 2.45) is 7.05 Å². The second-order valence-corrected chi connectivity index (χ2v) is 5.32. The van der Waals surface area contributed by atoms with Crippen molar-refractivity contribution in [2.45, 2.75) is 33.4 Å². The molecule has 0 atom stereocenters. The summed E-state index contributed by atoms with van der Waals surface area (Å²) in [5.74, 6) is 0. The molecular formula is C13H17BrN4O2. The van der Waals surface area contributed by atoms with Crippen LogP contribution in [-0.4, -0.2) is 18.9 Å². The Morgan fingerprint density at radius 1 is 1.20 bits per heavy atom. The van der Waals surface area contributed by atoms with Gasteiger partial charge in [-0.15, -0.1) is 0 Å². The molecule has 7 heteroatoms. The van der Waals surface area contributed by atoms with Crippen molar-refractivity contribution in [3.05, 3.63) is 49.0 Å². The summed E-state index contributed by atoms with van der Waals surface area (Å²) in [6.45, 7) is 5.07. The van der Waals surface area contributed by atoms with E-state index in [-0.39, 0.29) is 0 Å². The van der Waals surface area contributed by atoms with Gasteiger partial charge < -0.3 is 9.13 Å². The summed E-state index contributed by atoms with van der Waals surface area (Å²) >= 11 is 3.54. The van der Waals surface area contributed by atoms with Crippen LogP contribution < -0.4 is 11.1 Å². The van der Waals surface area contributed by atoms with Crippen molar-refractivity contribution in [3.8, 4) is 0 Å². The highest BCUT2D eigenvalue weighted by atomic mass is 79.9. The Hall–Kier alpha value is -1.63. The predicted octanol–water partition coefficient (Wildman–Crippen LogP) is 1.14. The van der Waals surface area contributed by atoms with Crippen molar-refractivity contribution in [2.75, 3.05) is 0 Å². The van der Waals surface area contributed by atoms with E-state index in [0.29, 0.717) is 13.1 Å². The smallest absolute Gasteiger partial charge is 0.312 e. The molecule has 0 radical (unpaired) electrons. The summed E-state index contributed by atoms with van der Waals surface area (Å²) < 4.78 is 5.46. The molecule has 0 aromatic carbocycles. The molecule has 0 unspecified atom stereocenters. The van der Waals surface area contributed by atoms with Gasteiger partial charge in [-0.25, -0.2) is 0 Å². The van der Waals surface area contributed by atoms with Gasteiger partial charge in [-0.1, -0.05) is 6.92 Å². The van der Waals surface area contributed by atoms with Gasteiger partial charge in [0, 0.05) is 26.0 Å². The van der Waals surface area contributed by atoms with Crippen molar-refractivity contribution >= 4 is 15.9 Å². The molecule has 2 rings (SSSR count). The van der Waals surface area contributed by atoms with Crippen LogP contribution in [0.2, 0.25) is 0 Å². The Kier molecular flexibility index (Phi) is 4.27. The number of aryl methyl sites for hydroxylation is 3. The van der Waals surface area contributed by atoms with Gasteiger partial charge in [-0.3, -0.25) is 14.3 Å². The van der Waals surface area contributed by atoms with Gasteiger partial charge >= 0.3 is 11.1 Å². The molecule has 0 N–H and O–H groups in total. The highest BCUT2D eigenvalue weighted by molar-refractivity contribution is 9.10. The van der Waals surface area contributed by atoms with E-state index in [2.05, 4.69) is 21.0 Å². The zero-order valence-electron chi connectivity index (χ0n) is 11.8. The largest absolute Gasteiger partial charge is 0.316 e. The Balaban J connectivity index is 2.50. The van der Waals surface area contributed by atoms with Crippen LogP contribution in [0.4, 0.5) is 0 Å². The SMILES string of the molecule is CCc1nn(CC)c(Cn2ccn(C)c(=O)c2=O)c1Br. The van der Waals surface area contributed by atoms with E-state index in [1.54, 1.807) is 19.4 Å². The van der Waals surface area contributed by atoms with Crippen LogP contribution in [0, 0.1) is 0 Å². The average molecular weight is 341 g/mol. The minimum Gasteiger partial charge on any atom is -0.312 e. The van der Waals surface area contributed by atoms with Gasteiger partial charge in [-0.2, -0.15) is 5.10 Å². The number of nitrogens with zero attached hydrogens (tertiary/aromatic N) is 4. The molecule has 0 aliphatic heterocycles. The number of rotatable bonds is 4. The Labute approximate surface area is 124 Å². The van der Waals surface area contributed by atoms with Crippen molar-refractivity contribution in [3.63, 3.8) is 0 Å². The fraction of sp³-hybridized carbons (Fsp3) is 0.462. The first-order valence-corrected chi connectivity index (χ1v) is 7.29. The van der Waals surface area contributed by atoms with E-state index in [9.17, 15) is 9.59 Å². The normalized spacial score (nSPS) is 11.0. The van der Waals surface area contributed by atoms with E-state index in [1.807, 2.05) is 18.5 Å². The summed E-state index contributed by atoms with van der Waals surface area (Å²) in [5.41, 5.74) is 0.809. The van der Waals surface area contributed by atoms with Gasteiger partial charge in [0.25, 0.3) is 0 Å². The van der Waals surface area contributed by atoms with Crippen LogP contribution in [0.25, 0.3) is 0 Å². The first kappa shape index (κ1) is 14.8. The lowest BCUT2D eigenvalue weighted by Crippen LogP contribution is -2.39. The molecule has 0 fully saturated rings. The lowest BCUT2D eigenvalue weighted by atomic mass is 10.3. The van der Waals surface area contributed by atoms with Crippen LogP contribution >= 0.6 is 15.9 Å². The van der Waals surface area contributed by atoms with E-state index in [0.717, 1.165) is 22.3 Å². The zero-order valence-corrected chi connectivity index (χ0v) is 13.3. The molecule has 2 aromatic heterocycles. The summed E-state index contributed by atoms with van der Waals surface area (Å²) in [6, 6.07) is 0. The second-order valence-electron chi connectivity index (χ2n) is 4.52. The first-order chi connectivity index (χ1) is 9.49. The van der Waals surface area contributed by atoms with E-state index >= 15 is 0 Å². The third-order valence-corrected chi connectivity index (χ3v) is 4.16. The molecule has 2 aromatic rings. The summed E-state index contributed by atoms with van der Waals surface area (Å²) in [6.07, 6.45) is 4.02. The van der Waals surface area contributed by atoms with Gasteiger partial charge in [0.1, 0.15) is 0 Å². The van der Waals surface area contributed by atoms with Crippen molar-refractivity contribution in [1.29, 1.82) is 0 Å². The highest BCUT2D eigenvalue weighted by Crippen LogP contribution is 2.22. The fourth-order valence-corrected chi connectivity index (χ4v) is 2.73. The monoisotopic (exact) mass is 340 g/mol. The van der Waals surface area contributed by atoms with E-state index in [4.69, 9.17) is 0 Å². The number of hydrogen-bond acceptors (Lipinski definition) is 3. The molecule has 0 amide bonds. The second kappa shape index (κ2) is 5.78. The fourth-order valence-electron chi connectivity index (χ4n) is 2.04. The van der Waals surface area contributed by atoms with Gasteiger partial charge in [0.05, 0.1) is 22.4 Å². The maximum absolute atomic E-state index is 12.0. The van der Waals surface area contributed by atoms with E-state index in [1.165, 1.54) is 9.13 Å². The van der Waals surface area contributed by atoms with Gasteiger partial charge in [0.15, 0.2) is 0 Å². The van der Waals surface area contributed by atoms with Crippen LogP contribution in [0.1, 0.15) is 25.2 Å². The van der Waals surface area contributed by atoms with Gasteiger partial charge in [0.2, 0.25) is 0 Å². The van der Waals surface area contributed by atoms with Gasteiger partial charge in [-0.05, 0) is 29.3 Å². The Bertz CT molecular complexity index is 742. The lowest BCUT2D eigenvalue weighted by molar-refractivity contribution is 0.582. The molecule has 2 heterocycles. The molecule has 0 bridgehead atoms. The molecule has 0 aliphatic rings. The summed E-state index contributed by atoms with van der Waals surface area (Å²) in [4.78, 5) is 23.6. The quantitative estimate of drug-likeness (QED) is 0.784. The third kappa shape index (κ3) is 2.49. The number of hydrogen-bond donors (Lipinski definition) is 0. The Morgan fingerprint density at radius 2 is 1.90 bits per heavy atom. The maximum atomic E-state index is 12.0. The molecule has 0 aliphatic carbocycles. The molecule has 108 valence electrons. The maximum Gasteiger partial charge on any atom is 0.316 e. The summed E-state index contributed by atoms with van der Waals surface area (Å²) in [5, 5.41) is 4.48. The third-order valence-electron chi connectivity index (χ3n) is 3.25. The number of halogens is 1. The zero-order chi connectivity index (χ0) is 14.9. The van der Waals surface area contributed by atoms with Crippen molar-refractivity contribution in [1.82, 2.24) is 18.9 Å². The molecule has 20 heavy (non-hydrogen) atoms. The minimum absolute atomic E-state index is 0.330. The standard InChI is InChI=1S/C13H17BrN4O2/c1-4-9-11(14)10(18(5-2)15-9)8-17-7-6-16(3)12(19)13(17)20/h6-7H,4-5,8H2,1-3H3. The minimum atomic E-state index is -0.526. The van der Waals surface area contributed by atoms with Crippen LogP contribution in [0.3, 0.4) is 0 Å². The average Bonchev–Trinajstić information content (AvgIpc) is 2.75. The van der Waals surface area contributed by atoms with Crippen molar-refractivity contribution < 1.29 is 0 Å². The highest BCUT2D eigenvalue weighted by Gasteiger charge is 2.15. The molecular weight excluding hydrogens is 324 g/mol. The summed E-state index contributed by atoms with van der Waals surface area (Å²) in [7, 11) is 1.56. The topological polar surface area (TPSA) is 61.8 Å². The molecule has 0 saturated carbocycles. The molecule has 0 saturated heterocycles.